The van der Waals surface area contributed by atoms with E-state index in [0.717, 1.165) is 6.42 Å². The molecular formula is C18H23NO. The van der Waals surface area contributed by atoms with Crippen LogP contribution in [0.15, 0.2) is 12.1 Å². The van der Waals surface area contributed by atoms with Gasteiger partial charge in [-0.2, -0.15) is 0 Å². The fourth-order valence-electron chi connectivity index (χ4n) is 4.94. The zero-order valence-corrected chi connectivity index (χ0v) is 12.5. The summed E-state index contributed by atoms with van der Waals surface area (Å²) in [7, 11) is 0. The molecule has 1 aromatic carbocycles. The molecule has 0 bridgehead atoms. The summed E-state index contributed by atoms with van der Waals surface area (Å²) in [6.07, 6.45) is 8.10. The molecule has 3 aliphatic rings. The van der Waals surface area contributed by atoms with Crippen LogP contribution in [0.25, 0.3) is 0 Å². The van der Waals surface area contributed by atoms with E-state index in [2.05, 4.69) is 30.9 Å². The van der Waals surface area contributed by atoms with Crippen LogP contribution < -0.4 is 4.90 Å². The molecule has 0 radical (unpaired) electrons. The summed E-state index contributed by atoms with van der Waals surface area (Å²) in [6, 6.07) is 4.54. The zero-order chi connectivity index (χ0) is 13.9. The normalized spacial score (nSPS) is 27.0. The van der Waals surface area contributed by atoms with Crippen LogP contribution in [-0.4, -0.2) is 11.4 Å². The van der Waals surface area contributed by atoms with Crippen molar-refractivity contribution in [3.63, 3.8) is 0 Å². The maximum atomic E-state index is 12.7. The van der Waals surface area contributed by atoms with E-state index in [1.165, 1.54) is 54.5 Å². The summed E-state index contributed by atoms with van der Waals surface area (Å²) in [5, 5.41) is 0. The molecule has 1 amide bonds. The van der Waals surface area contributed by atoms with E-state index >= 15 is 0 Å². The van der Waals surface area contributed by atoms with Gasteiger partial charge in [-0.1, -0.05) is 43.9 Å². The van der Waals surface area contributed by atoms with Gasteiger partial charge in [0.15, 0.2) is 0 Å². The van der Waals surface area contributed by atoms with E-state index in [4.69, 9.17) is 0 Å². The van der Waals surface area contributed by atoms with E-state index in [-0.39, 0.29) is 5.54 Å². The van der Waals surface area contributed by atoms with Crippen molar-refractivity contribution >= 4 is 11.6 Å². The van der Waals surface area contributed by atoms with E-state index < -0.39 is 0 Å². The van der Waals surface area contributed by atoms with Gasteiger partial charge < -0.3 is 4.90 Å². The van der Waals surface area contributed by atoms with Crippen molar-refractivity contribution in [1.29, 1.82) is 0 Å². The number of amides is 1. The van der Waals surface area contributed by atoms with Gasteiger partial charge in [0.2, 0.25) is 5.91 Å². The maximum absolute atomic E-state index is 12.7. The number of carbonyl (C=O) groups is 1. The Morgan fingerprint density at radius 2 is 1.95 bits per heavy atom. The molecule has 4 rings (SSSR count). The van der Waals surface area contributed by atoms with E-state index in [9.17, 15) is 4.79 Å². The van der Waals surface area contributed by atoms with Gasteiger partial charge >= 0.3 is 0 Å². The second kappa shape index (κ2) is 4.09. The van der Waals surface area contributed by atoms with Crippen molar-refractivity contribution in [2.24, 2.45) is 0 Å². The Bertz CT molecular complexity index is 583. The number of hydrogen-bond donors (Lipinski definition) is 0. The number of anilines is 1. The molecule has 1 aliphatic carbocycles. The highest BCUT2D eigenvalue weighted by Crippen LogP contribution is 2.53. The predicted molar refractivity (Wildman–Crippen MR) is 81.2 cm³/mol. The van der Waals surface area contributed by atoms with Crippen LogP contribution in [0, 0.1) is 6.92 Å². The molecule has 2 heterocycles. The van der Waals surface area contributed by atoms with Gasteiger partial charge in [-0.05, 0) is 43.2 Å². The molecule has 0 aromatic heterocycles. The minimum absolute atomic E-state index is 0.141. The summed E-state index contributed by atoms with van der Waals surface area (Å²) in [5.74, 6) is 0.935. The average molecular weight is 269 g/mol. The van der Waals surface area contributed by atoms with Gasteiger partial charge in [0, 0.05) is 5.54 Å². The minimum atomic E-state index is 0.141. The maximum Gasteiger partial charge on any atom is 0.232 e. The fraction of sp³-hybridized carbons (Fsp3) is 0.611. The Labute approximate surface area is 121 Å². The fourth-order valence-corrected chi connectivity index (χ4v) is 4.94. The monoisotopic (exact) mass is 269 g/mol. The number of rotatable bonds is 0. The first-order valence-corrected chi connectivity index (χ1v) is 8.07. The molecule has 1 atom stereocenters. The molecule has 1 fully saturated rings. The van der Waals surface area contributed by atoms with Crippen LogP contribution in [0.2, 0.25) is 0 Å². The zero-order valence-electron chi connectivity index (χ0n) is 12.5. The first-order chi connectivity index (χ1) is 9.61. The Morgan fingerprint density at radius 3 is 2.70 bits per heavy atom. The van der Waals surface area contributed by atoms with Gasteiger partial charge in [-0.3, -0.25) is 4.79 Å². The van der Waals surface area contributed by atoms with Crippen LogP contribution in [0.3, 0.4) is 0 Å². The lowest BCUT2D eigenvalue weighted by atomic mass is 9.70. The third kappa shape index (κ3) is 1.54. The first-order valence-electron chi connectivity index (χ1n) is 8.07. The van der Waals surface area contributed by atoms with Crippen LogP contribution in [0.5, 0.6) is 0 Å². The SMILES string of the molecule is Cc1cc2c3c(c1)C(C)CC1(CCCCC1)N3C(=O)C2. The molecule has 2 aliphatic heterocycles. The van der Waals surface area contributed by atoms with Gasteiger partial charge in [0.25, 0.3) is 0 Å². The molecule has 0 saturated heterocycles. The Kier molecular flexibility index (Phi) is 2.55. The van der Waals surface area contributed by atoms with Gasteiger partial charge in [-0.25, -0.2) is 0 Å². The second-order valence-corrected chi connectivity index (χ2v) is 7.16. The molecule has 0 N–H and O–H groups in total. The summed E-state index contributed by atoms with van der Waals surface area (Å²) in [5.41, 5.74) is 5.44. The smallest absolute Gasteiger partial charge is 0.232 e. The third-order valence-corrected chi connectivity index (χ3v) is 5.65. The predicted octanol–water partition coefficient (Wildman–Crippen LogP) is 4.09. The van der Waals surface area contributed by atoms with Crippen LogP contribution >= 0.6 is 0 Å². The van der Waals surface area contributed by atoms with Crippen molar-refractivity contribution in [3.8, 4) is 0 Å². The van der Waals surface area contributed by atoms with Crippen LogP contribution in [-0.2, 0) is 11.2 Å². The number of hydrogen-bond acceptors (Lipinski definition) is 1. The lowest BCUT2D eigenvalue weighted by molar-refractivity contribution is -0.119. The highest BCUT2D eigenvalue weighted by Gasteiger charge is 2.49. The molecular weight excluding hydrogens is 246 g/mol. The highest BCUT2D eigenvalue weighted by molar-refractivity contribution is 6.04. The summed E-state index contributed by atoms with van der Waals surface area (Å²) < 4.78 is 0. The minimum Gasteiger partial charge on any atom is -0.305 e. The number of aryl methyl sites for hydroxylation is 1. The van der Waals surface area contributed by atoms with Crippen LogP contribution in [0.4, 0.5) is 5.69 Å². The highest BCUT2D eigenvalue weighted by atomic mass is 16.2. The first kappa shape index (κ1) is 12.4. The topological polar surface area (TPSA) is 20.3 Å². The summed E-state index contributed by atoms with van der Waals surface area (Å²) >= 11 is 0. The van der Waals surface area contributed by atoms with E-state index in [0.29, 0.717) is 18.2 Å². The quantitative estimate of drug-likeness (QED) is 0.694. The lowest BCUT2D eigenvalue weighted by Gasteiger charge is -2.50. The molecule has 1 aromatic rings. The second-order valence-electron chi connectivity index (χ2n) is 7.16. The molecule has 2 nitrogen and oxygen atoms in total. The molecule has 2 heteroatoms. The van der Waals surface area contributed by atoms with Crippen molar-refractivity contribution in [3.05, 3.63) is 28.8 Å². The molecule has 1 saturated carbocycles. The summed E-state index contributed by atoms with van der Waals surface area (Å²) in [4.78, 5) is 14.9. The molecule has 1 unspecified atom stereocenters. The van der Waals surface area contributed by atoms with Crippen molar-refractivity contribution in [1.82, 2.24) is 0 Å². The Balaban J connectivity index is 1.91. The van der Waals surface area contributed by atoms with Gasteiger partial charge in [0.1, 0.15) is 0 Å². The molecule has 1 spiro atoms. The number of benzene rings is 1. The third-order valence-electron chi connectivity index (χ3n) is 5.65. The standard InChI is InChI=1S/C18H23NO/c1-12-8-14-10-16(20)19-17(14)15(9-12)13(2)11-18(19)6-4-3-5-7-18/h8-9,13H,3-7,10-11H2,1-2H3. The summed E-state index contributed by atoms with van der Waals surface area (Å²) in [6.45, 7) is 4.51. The van der Waals surface area contributed by atoms with Gasteiger partial charge in [0.05, 0.1) is 12.1 Å². The number of carbonyl (C=O) groups excluding carboxylic acids is 1. The number of nitrogens with zero attached hydrogens (tertiary/aromatic N) is 1. The molecule has 106 valence electrons. The van der Waals surface area contributed by atoms with E-state index in [1.54, 1.807) is 0 Å². The van der Waals surface area contributed by atoms with E-state index in [1.807, 2.05) is 0 Å². The van der Waals surface area contributed by atoms with Gasteiger partial charge in [-0.15, -0.1) is 0 Å². The van der Waals surface area contributed by atoms with Crippen molar-refractivity contribution in [2.45, 2.75) is 70.3 Å². The number of fused-ring (bicyclic) bond motifs is 1. The largest absolute Gasteiger partial charge is 0.305 e. The van der Waals surface area contributed by atoms with Crippen molar-refractivity contribution < 1.29 is 4.79 Å². The Morgan fingerprint density at radius 1 is 1.20 bits per heavy atom. The van der Waals surface area contributed by atoms with Crippen LogP contribution in [0.1, 0.15) is 68.1 Å². The lowest BCUT2D eigenvalue weighted by Crippen LogP contribution is -2.54. The Hall–Kier alpha value is -1.31. The average Bonchev–Trinajstić information content (AvgIpc) is 2.74. The molecule has 20 heavy (non-hydrogen) atoms. The van der Waals surface area contributed by atoms with Crippen molar-refractivity contribution in [2.75, 3.05) is 4.90 Å².